The van der Waals surface area contributed by atoms with Gasteiger partial charge in [-0.05, 0) is 100.0 Å². The van der Waals surface area contributed by atoms with Gasteiger partial charge in [0.2, 0.25) is 0 Å². The molecule has 0 unspecified atom stereocenters. The predicted molar refractivity (Wildman–Crippen MR) is 259 cm³/mol. The van der Waals surface area contributed by atoms with Crippen molar-refractivity contribution >= 4 is 65.4 Å². The van der Waals surface area contributed by atoms with Crippen LogP contribution in [0.1, 0.15) is 26.3 Å². The van der Waals surface area contributed by atoms with Gasteiger partial charge >= 0.3 is 0 Å². The highest BCUT2D eigenvalue weighted by atomic mass is 15.0. The van der Waals surface area contributed by atoms with Crippen LogP contribution in [0, 0.1) is 0 Å². The van der Waals surface area contributed by atoms with E-state index < -0.39 is 0 Å². The van der Waals surface area contributed by atoms with Crippen molar-refractivity contribution in [2.24, 2.45) is 0 Å². The number of rotatable bonds is 5. The van der Waals surface area contributed by atoms with Crippen LogP contribution in [0.5, 0.6) is 0 Å². The van der Waals surface area contributed by atoms with E-state index in [0.29, 0.717) is 0 Å². The first-order chi connectivity index (χ1) is 29.9. The second-order valence-electron chi connectivity index (χ2n) is 17.4. The van der Waals surface area contributed by atoms with Crippen LogP contribution in [0.3, 0.4) is 0 Å². The molecule has 0 saturated carbocycles. The van der Waals surface area contributed by atoms with Crippen molar-refractivity contribution in [3.8, 4) is 39.3 Å². The average molecular weight is 782 g/mol. The first-order valence-corrected chi connectivity index (χ1v) is 21.3. The van der Waals surface area contributed by atoms with E-state index in [0.717, 1.165) is 17.1 Å². The van der Waals surface area contributed by atoms with E-state index in [-0.39, 0.29) is 5.41 Å². The standard InChI is InChI=1S/C58H43N3/c1-58(2,3)42-28-24-39(25-29-42)40-26-30-43(31-27-40)59-51-21-10-8-19-47(51)50-37-45(32-34-54(50)59)61-52-22-11-7-18-46(52)48-33-35-55-56(57(48)61)49-20-9-12-23-53(49)60(55)44-17-13-16-41(36-44)38-14-5-4-6-15-38/h4-37H,1-3H3. The molecule has 0 atom stereocenters. The zero-order chi connectivity index (χ0) is 40.8. The third-order valence-corrected chi connectivity index (χ3v) is 12.8. The number of fused-ring (bicyclic) bond motifs is 10. The van der Waals surface area contributed by atoms with Crippen LogP contribution >= 0.6 is 0 Å². The zero-order valence-corrected chi connectivity index (χ0v) is 34.5. The number of benzene rings is 9. The second kappa shape index (κ2) is 13.5. The van der Waals surface area contributed by atoms with Crippen LogP contribution in [0.15, 0.2) is 206 Å². The minimum absolute atomic E-state index is 0.128. The zero-order valence-electron chi connectivity index (χ0n) is 34.5. The topological polar surface area (TPSA) is 14.8 Å². The van der Waals surface area contributed by atoms with Crippen molar-refractivity contribution < 1.29 is 0 Å². The van der Waals surface area contributed by atoms with Crippen molar-refractivity contribution in [3.05, 3.63) is 212 Å². The summed E-state index contributed by atoms with van der Waals surface area (Å²) in [4.78, 5) is 0. The van der Waals surface area contributed by atoms with Gasteiger partial charge in [0.25, 0.3) is 0 Å². The Morgan fingerprint density at radius 3 is 1.49 bits per heavy atom. The molecule has 9 aromatic carbocycles. The fraction of sp³-hybridized carbons (Fsp3) is 0.0690. The molecule has 3 heteroatoms. The number of nitrogens with zero attached hydrogens (tertiary/aromatic N) is 3. The Balaban J connectivity index is 1.06. The minimum Gasteiger partial charge on any atom is -0.309 e. The van der Waals surface area contributed by atoms with E-state index in [2.05, 4.69) is 241 Å². The smallest absolute Gasteiger partial charge is 0.0641 e. The lowest BCUT2D eigenvalue weighted by molar-refractivity contribution is 0.590. The lowest BCUT2D eigenvalue weighted by Crippen LogP contribution is -2.10. The normalized spacial score (nSPS) is 12.2. The Bertz CT molecular complexity index is 3650. The third-order valence-electron chi connectivity index (χ3n) is 12.8. The number of para-hydroxylation sites is 3. The van der Waals surface area contributed by atoms with Crippen molar-refractivity contribution in [2.75, 3.05) is 0 Å². The quantitative estimate of drug-likeness (QED) is 0.165. The predicted octanol–water partition coefficient (Wildman–Crippen LogP) is 15.6. The summed E-state index contributed by atoms with van der Waals surface area (Å²) in [5.41, 5.74) is 17.0. The Hall–Kier alpha value is -7.62. The van der Waals surface area contributed by atoms with Gasteiger partial charge in [-0.25, -0.2) is 0 Å². The average Bonchev–Trinajstić information content (AvgIpc) is 3.95. The Morgan fingerprint density at radius 1 is 0.295 bits per heavy atom. The molecule has 0 aliphatic heterocycles. The Labute approximate surface area is 355 Å². The fourth-order valence-electron chi connectivity index (χ4n) is 9.85. The van der Waals surface area contributed by atoms with Crippen molar-refractivity contribution in [3.63, 3.8) is 0 Å². The molecule has 0 radical (unpaired) electrons. The summed E-state index contributed by atoms with van der Waals surface area (Å²) in [5, 5.41) is 7.46. The van der Waals surface area contributed by atoms with Gasteiger partial charge in [-0.3, -0.25) is 0 Å². The number of hydrogen-bond acceptors (Lipinski definition) is 0. The molecule has 0 amide bonds. The summed E-state index contributed by atoms with van der Waals surface area (Å²) >= 11 is 0. The molecule has 0 bridgehead atoms. The van der Waals surface area contributed by atoms with Crippen molar-refractivity contribution in [2.45, 2.75) is 26.2 Å². The van der Waals surface area contributed by atoms with Crippen LogP contribution in [0.2, 0.25) is 0 Å². The molecule has 290 valence electrons. The van der Waals surface area contributed by atoms with Crippen LogP contribution < -0.4 is 0 Å². The van der Waals surface area contributed by atoms with Crippen LogP contribution in [0.25, 0.3) is 105 Å². The number of hydrogen-bond donors (Lipinski definition) is 0. The highest BCUT2D eigenvalue weighted by molar-refractivity contribution is 6.26. The molecule has 0 N–H and O–H groups in total. The maximum absolute atomic E-state index is 2.51. The summed E-state index contributed by atoms with van der Waals surface area (Å²) in [6.45, 7) is 6.79. The van der Waals surface area contributed by atoms with Gasteiger partial charge in [0, 0.05) is 49.4 Å². The number of aromatic nitrogens is 3. The molecule has 0 aliphatic rings. The van der Waals surface area contributed by atoms with E-state index in [1.807, 2.05) is 0 Å². The first kappa shape index (κ1) is 35.3. The van der Waals surface area contributed by atoms with Crippen molar-refractivity contribution in [1.82, 2.24) is 13.7 Å². The minimum atomic E-state index is 0.128. The van der Waals surface area contributed by atoms with E-state index >= 15 is 0 Å². The molecule has 0 saturated heterocycles. The fourth-order valence-corrected chi connectivity index (χ4v) is 9.85. The Morgan fingerprint density at radius 2 is 0.787 bits per heavy atom. The third kappa shape index (κ3) is 5.51. The monoisotopic (exact) mass is 781 g/mol. The molecule has 3 heterocycles. The maximum atomic E-state index is 2.51. The summed E-state index contributed by atoms with van der Waals surface area (Å²) in [6, 6.07) is 76.0. The van der Waals surface area contributed by atoms with Crippen molar-refractivity contribution in [1.29, 1.82) is 0 Å². The van der Waals surface area contributed by atoms with Gasteiger partial charge in [0.15, 0.2) is 0 Å². The van der Waals surface area contributed by atoms with Gasteiger partial charge in [-0.1, -0.05) is 160 Å². The highest BCUT2D eigenvalue weighted by Gasteiger charge is 2.22. The molecular weight excluding hydrogens is 739 g/mol. The molecule has 3 nitrogen and oxygen atoms in total. The van der Waals surface area contributed by atoms with Crippen LogP contribution in [0.4, 0.5) is 0 Å². The van der Waals surface area contributed by atoms with E-state index in [4.69, 9.17) is 0 Å². The second-order valence-corrected chi connectivity index (χ2v) is 17.4. The largest absolute Gasteiger partial charge is 0.309 e. The summed E-state index contributed by atoms with van der Waals surface area (Å²) in [7, 11) is 0. The molecule has 0 fully saturated rings. The van der Waals surface area contributed by atoms with Gasteiger partial charge in [-0.2, -0.15) is 0 Å². The van der Waals surface area contributed by atoms with E-state index in [1.54, 1.807) is 0 Å². The van der Waals surface area contributed by atoms with Gasteiger partial charge < -0.3 is 13.7 Å². The highest BCUT2D eigenvalue weighted by Crippen LogP contribution is 2.43. The first-order valence-electron chi connectivity index (χ1n) is 21.3. The Kier molecular flexibility index (Phi) is 7.79. The molecule has 61 heavy (non-hydrogen) atoms. The van der Waals surface area contributed by atoms with Gasteiger partial charge in [0.05, 0.1) is 33.1 Å². The van der Waals surface area contributed by atoms with Gasteiger partial charge in [-0.15, -0.1) is 0 Å². The molecule has 3 aromatic heterocycles. The van der Waals surface area contributed by atoms with E-state index in [1.165, 1.54) is 93.2 Å². The lowest BCUT2D eigenvalue weighted by atomic mass is 9.86. The summed E-state index contributed by atoms with van der Waals surface area (Å²) in [5.74, 6) is 0. The van der Waals surface area contributed by atoms with Gasteiger partial charge in [0.1, 0.15) is 0 Å². The SMILES string of the molecule is CC(C)(C)c1ccc(-c2ccc(-n3c4ccccc4c4cc(-n5c6ccccc6c6ccc7c(c8ccccc8n7-c7cccc(-c8ccccc8)c7)c65)ccc43)cc2)cc1. The lowest BCUT2D eigenvalue weighted by Gasteiger charge is -2.19. The van der Waals surface area contributed by atoms with Crippen LogP contribution in [-0.2, 0) is 5.41 Å². The molecule has 12 aromatic rings. The van der Waals surface area contributed by atoms with Crippen LogP contribution in [-0.4, -0.2) is 13.7 Å². The molecular formula is C58H43N3. The van der Waals surface area contributed by atoms with E-state index in [9.17, 15) is 0 Å². The molecule has 0 spiro atoms. The maximum Gasteiger partial charge on any atom is 0.0641 e. The molecule has 12 rings (SSSR count). The summed E-state index contributed by atoms with van der Waals surface area (Å²) < 4.78 is 7.37. The summed E-state index contributed by atoms with van der Waals surface area (Å²) in [6.07, 6.45) is 0. The molecule has 0 aliphatic carbocycles.